The van der Waals surface area contributed by atoms with Crippen molar-refractivity contribution in [2.45, 2.75) is 114 Å². The van der Waals surface area contributed by atoms with Crippen LogP contribution in [0.3, 0.4) is 0 Å². The highest BCUT2D eigenvalue weighted by molar-refractivity contribution is 7.93. The summed E-state index contributed by atoms with van der Waals surface area (Å²) in [6.45, 7) is 16.5. The quantitative estimate of drug-likeness (QED) is 0.328. The predicted molar refractivity (Wildman–Crippen MR) is 198 cm³/mol. The van der Waals surface area contributed by atoms with Crippen LogP contribution in [0.4, 0.5) is 43.4 Å². The summed E-state index contributed by atoms with van der Waals surface area (Å²) in [6, 6.07) is 2.74. The lowest BCUT2D eigenvalue weighted by molar-refractivity contribution is -0.292. The Labute approximate surface area is 321 Å². The number of rotatable bonds is 5. The van der Waals surface area contributed by atoms with Gasteiger partial charge in [-0.3, -0.25) is 14.2 Å². The second kappa shape index (κ2) is 11.9. The number of nitrogens with zero attached hydrogens (tertiary/aromatic N) is 2. The summed E-state index contributed by atoms with van der Waals surface area (Å²) in [4.78, 5) is 16.6. The highest BCUT2D eigenvalue weighted by Crippen LogP contribution is 2.55. The van der Waals surface area contributed by atoms with Crippen LogP contribution in [0.25, 0.3) is 11.1 Å². The number of sulfonamides is 2. The van der Waals surface area contributed by atoms with Crippen LogP contribution in [0.1, 0.15) is 109 Å². The molecule has 4 heterocycles. The van der Waals surface area contributed by atoms with Gasteiger partial charge >= 0.3 is 31.1 Å². The normalized spacial score (nSPS) is 23.3. The number of hydrogen-bond acceptors (Lipinski definition) is 7. The molecule has 0 fully saturated rings. The second-order valence-electron chi connectivity index (χ2n) is 18.2. The number of benzene rings is 2. The van der Waals surface area contributed by atoms with E-state index in [1.807, 2.05) is 37.2 Å². The van der Waals surface area contributed by atoms with Gasteiger partial charge in [0.1, 0.15) is 13.1 Å². The van der Waals surface area contributed by atoms with E-state index in [-0.39, 0.29) is 11.1 Å². The fourth-order valence-corrected chi connectivity index (χ4v) is 10.3. The number of ketones is 1. The lowest BCUT2D eigenvalue weighted by Gasteiger charge is -2.49. The Morgan fingerprint density at radius 2 is 1.16 bits per heavy atom. The molecule has 0 spiro atoms. The molecule has 1 aliphatic carbocycles. The standard InChI is InChI=1S/C38H44F6N4O6S2/c1-33(2)9-13-47-15-11-35(5,6)25-27(45-55(51,52)37(39,40)41)19(17-21(33)29(25)47)23-31(49)24(32(23)50)20-18-22-30-26(28(20)46-56(53,54)38(42,43)44)36(7,8)12-16-48(30)14-10-34(22,3)4/h17-18H,9-16H2,1-8H3,(H2,45,46,49,50). The first kappa shape index (κ1) is 40.4. The number of Topliss-reactive ketones (excluding diaryl/α,β-unsaturated/α-hetero) is 1. The van der Waals surface area contributed by atoms with Crippen molar-refractivity contribution in [2.75, 3.05) is 40.5 Å². The number of hydrogen-bond donors (Lipinski definition) is 2. The zero-order valence-electron chi connectivity index (χ0n) is 32.2. The summed E-state index contributed by atoms with van der Waals surface area (Å²) >= 11 is 0. The van der Waals surface area contributed by atoms with E-state index in [2.05, 4.69) is 0 Å². The highest BCUT2D eigenvalue weighted by atomic mass is 32.2. The number of carbonyl (C=O) groups excluding carboxylic acids is 1. The molecule has 7 rings (SSSR count). The lowest BCUT2D eigenvalue weighted by Crippen LogP contribution is -2.54. The summed E-state index contributed by atoms with van der Waals surface area (Å²) in [7, 11) is -12.2. The first-order valence-electron chi connectivity index (χ1n) is 18.3. The van der Waals surface area contributed by atoms with E-state index in [0.717, 1.165) is 0 Å². The van der Waals surface area contributed by atoms with Crippen LogP contribution in [0.5, 0.6) is 0 Å². The first-order valence-corrected chi connectivity index (χ1v) is 21.3. The summed E-state index contributed by atoms with van der Waals surface area (Å²) in [5, 5.41) is 14.7. The SMILES string of the molecule is CC1(C)CCN2CCC(C)(C)c3c(NS(=O)(=O)C(F)(F)F)c(C4=C([O-])/C(=c5/cc6c7c(c5NS(=O)(=O)C(F)(F)F)C(C)(C)CC[N+]=7CCC6(C)C)C4=O)cc1c32. The van der Waals surface area contributed by atoms with E-state index in [1.54, 1.807) is 37.1 Å². The van der Waals surface area contributed by atoms with Crippen LogP contribution < -0.4 is 34.6 Å². The number of allylic oxidation sites excluding steroid dienone is 2. The van der Waals surface area contributed by atoms with Crippen molar-refractivity contribution in [3.63, 3.8) is 0 Å². The Kier molecular flexibility index (Phi) is 8.57. The Morgan fingerprint density at radius 3 is 1.70 bits per heavy atom. The molecule has 0 bridgehead atoms. The average molecular weight is 831 g/mol. The van der Waals surface area contributed by atoms with Crippen LogP contribution in [-0.2, 0) is 46.5 Å². The van der Waals surface area contributed by atoms with E-state index in [0.29, 0.717) is 74.0 Å². The third-order valence-corrected chi connectivity index (χ3v) is 14.8. The molecule has 2 aromatic rings. The van der Waals surface area contributed by atoms with Crippen LogP contribution in [0, 0.1) is 0 Å². The molecule has 0 saturated heterocycles. The zero-order valence-corrected chi connectivity index (χ0v) is 33.9. The maximum Gasteiger partial charge on any atom is 0.516 e. The van der Waals surface area contributed by atoms with Gasteiger partial charge in [-0.05, 0) is 41.4 Å². The van der Waals surface area contributed by atoms with Crippen molar-refractivity contribution in [1.82, 2.24) is 4.58 Å². The van der Waals surface area contributed by atoms with Gasteiger partial charge in [-0.1, -0.05) is 61.1 Å². The molecular weight excluding hydrogens is 787 g/mol. The maximum atomic E-state index is 14.6. The molecule has 0 unspecified atom stereocenters. The van der Waals surface area contributed by atoms with E-state index in [1.165, 1.54) is 12.1 Å². The molecule has 0 saturated carbocycles. The number of alkyl halides is 6. The fourth-order valence-electron chi connectivity index (χ4n) is 9.07. The minimum atomic E-state index is -6.11. The van der Waals surface area contributed by atoms with Gasteiger partial charge in [-0.25, -0.2) is 4.58 Å². The van der Waals surface area contributed by atoms with Crippen LogP contribution in [0.15, 0.2) is 17.9 Å². The molecule has 2 N–H and O–H groups in total. The van der Waals surface area contributed by atoms with E-state index < -0.39 is 97.6 Å². The van der Waals surface area contributed by atoms with E-state index in [9.17, 15) is 53.1 Å². The van der Waals surface area contributed by atoms with Gasteiger partial charge in [0.05, 0.1) is 16.9 Å². The monoisotopic (exact) mass is 830 g/mol. The average Bonchev–Trinajstić information content (AvgIpc) is 3.03. The van der Waals surface area contributed by atoms with Crippen LogP contribution in [0.2, 0.25) is 0 Å². The van der Waals surface area contributed by atoms with Gasteiger partial charge in [-0.2, -0.15) is 43.2 Å². The van der Waals surface area contributed by atoms with Gasteiger partial charge in [0.25, 0.3) is 0 Å². The number of carbonyl (C=O) groups is 1. The van der Waals surface area contributed by atoms with Gasteiger partial charge in [0.2, 0.25) is 5.36 Å². The number of anilines is 3. The van der Waals surface area contributed by atoms with Crippen LogP contribution in [-0.4, -0.2) is 59.8 Å². The van der Waals surface area contributed by atoms with E-state index in [4.69, 9.17) is 0 Å². The minimum Gasteiger partial charge on any atom is -0.871 e. The minimum absolute atomic E-state index is 0.179. The predicted octanol–water partition coefficient (Wildman–Crippen LogP) is 4.74. The molecule has 4 aliphatic heterocycles. The molecule has 5 aliphatic rings. The lowest BCUT2D eigenvalue weighted by atomic mass is 9.67. The third kappa shape index (κ3) is 5.84. The molecule has 0 amide bonds. The van der Waals surface area contributed by atoms with Crippen LogP contribution >= 0.6 is 0 Å². The third-order valence-electron chi connectivity index (χ3n) is 12.6. The Morgan fingerprint density at radius 1 is 0.679 bits per heavy atom. The second-order valence-corrected chi connectivity index (χ2v) is 21.5. The van der Waals surface area contributed by atoms with Gasteiger partial charge < -0.3 is 10.0 Å². The molecular formula is C38H44F6N4O6S2. The Hall–Kier alpha value is -3.80. The smallest absolute Gasteiger partial charge is 0.516 e. The molecule has 56 heavy (non-hydrogen) atoms. The van der Waals surface area contributed by atoms with Gasteiger partial charge in [0, 0.05) is 75.5 Å². The summed E-state index contributed by atoms with van der Waals surface area (Å²) < 4.78 is 141. The number of nitrogens with one attached hydrogen (secondary N) is 2. The number of halogens is 6. The van der Waals surface area contributed by atoms with Gasteiger partial charge in [0.15, 0.2) is 5.78 Å². The molecule has 0 atom stereocenters. The zero-order chi connectivity index (χ0) is 41.7. The van der Waals surface area contributed by atoms with Gasteiger partial charge in [-0.15, -0.1) is 0 Å². The van der Waals surface area contributed by atoms with Crippen molar-refractivity contribution in [3.05, 3.63) is 56.3 Å². The molecule has 2 aromatic carbocycles. The van der Waals surface area contributed by atoms with Crippen molar-refractivity contribution in [2.24, 2.45) is 0 Å². The van der Waals surface area contributed by atoms with Crippen molar-refractivity contribution in [1.29, 1.82) is 0 Å². The van der Waals surface area contributed by atoms with Crippen molar-refractivity contribution >= 4 is 54.0 Å². The highest BCUT2D eigenvalue weighted by Gasteiger charge is 2.52. The van der Waals surface area contributed by atoms with Crippen molar-refractivity contribution < 1.29 is 53.1 Å². The molecule has 306 valence electrons. The summed E-state index contributed by atoms with van der Waals surface area (Å²) in [6.07, 6.45) is 1.96. The molecule has 18 heteroatoms. The molecule has 0 radical (unpaired) electrons. The maximum absolute atomic E-state index is 14.6. The topological polar surface area (TPSA) is 139 Å². The largest absolute Gasteiger partial charge is 0.871 e. The first-order chi connectivity index (χ1) is 25.3. The summed E-state index contributed by atoms with van der Waals surface area (Å²) in [5.74, 6) is -2.15. The Bertz CT molecular complexity index is 2530. The molecule has 0 aromatic heterocycles. The summed E-state index contributed by atoms with van der Waals surface area (Å²) in [5.41, 5.74) is -15.6. The molecule has 10 nitrogen and oxygen atoms in total. The van der Waals surface area contributed by atoms with Crippen molar-refractivity contribution in [3.8, 4) is 0 Å². The fraction of sp³-hybridized carbons (Fsp3) is 0.579. The van der Waals surface area contributed by atoms with E-state index >= 15 is 0 Å². The Balaban J connectivity index is 1.63.